The van der Waals surface area contributed by atoms with Crippen LogP contribution in [0.5, 0.6) is 0 Å². The molecule has 0 atom stereocenters. The molecule has 0 aliphatic heterocycles. The van der Waals surface area contributed by atoms with E-state index in [1.807, 2.05) is 0 Å². The van der Waals surface area contributed by atoms with Crippen molar-refractivity contribution in [1.29, 1.82) is 0 Å². The monoisotopic (exact) mass is 282 g/mol. The molecule has 0 unspecified atom stereocenters. The third kappa shape index (κ3) is 3.72. The Morgan fingerprint density at radius 1 is 1.37 bits per heavy atom. The number of thioether (sulfide) groups is 1. The van der Waals surface area contributed by atoms with E-state index in [-0.39, 0.29) is 5.56 Å². The van der Waals surface area contributed by atoms with E-state index in [0.717, 1.165) is 10.8 Å². The van der Waals surface area contributed by atoms with Crippen LogP contribution < -0.4 is 0 Å². The Kier molecular flexibility index (Phi) is 4.86. The van der Waals surface area contributed by atoms with Gasteiger partial charge in [-0.3, -0.25) is 0 Å². The number of carboxylic acid groups (broad SMARTS) is 1. The van der Waals surface area contributed by atoms with Crippen molar-refractivity contribution in [3.63, 3.8) is 0 Å². The SMILES string of the molecule is CCC1CCC(Sc2ccc(F)c(C(=O)O)c2)CC1. The van der Waals surface area contributed by atoms with Crippen molar-refractivity contribution in [2.24, 2.45) is 5.92 Å². The first-order chi connectivity index (χ1) is 9.10. The summed E-state index contributed by atoms with van der Waals surface area (Å²) < 4.78 is 13.3. The smallest absolute Gasteiger partial charge is 0.338 e. The third-order valence-electron chi connectivity index (χ3n) is 3.84. The number of halogens is 1. The van der Waals surface area contributed by atoms with Gasteiger partial charge in [-0.2, -0.15) is 0 Å². The lowest BCUT2D eigenvalue weighted by Gasteiger charge is -2.27. The molecular formula is C15H19FO2S. The zero-order chi connectivity index (χ0) is 13.8. The van der Waals surface area contributed by atoms with Crippen LogP contribution >= 0.6 is 11.8 Å². The second kappa shape index (κ2) is 6.42. The summed E-state index contributed by atoms with van der Waals surface area (Å²) in [6.45, 7) is 2.23. The summed E-state index contributed by atoms with van der Waals surface area (Å²) in [5.74, 6) is -1.01. The molecule has 1 aliphatic carbocycles. The van der Waals surface area contributed by atoms with Crippen LogP contribution in [-0.2, 0) is 0 Å². The molecule has 0 saturated heterocycles. The molecule has 2 nitrogen and oxygen atoms in total. The molecule has 0 spiro atoms. The molecule has 4 heteroatoms. The highest BCUT2D eigenvalue weighted by atomic mass is 32.2. The lowest BCUT2D eigenvalue weighted by molar-refractivity contribution is 0.0691. The van der Waals surface area contributed by atoms with E-state index in [1.54, 1.807) is 17.8 Å². The summed E-state index contributed by atoms with van der Waals surface area (Å²) >= 11 is 1.69. The van der Waals surface area contributed by atoms with Crippen LogP contribution in [-0.4, -0.2) is 16.3 Å². The van der Waals surface area contributed by atoms with Gasteiger partial charge in [-0.1, -0.05) is 13.3 Å². The standard InChI is InChI=1S/C15H19FO2S/c1-2-10-3-5-11(6-4-10)19-12-7-8-14(16)13(9-12)15(17)18/h7-11H,2-6H2,1H3,(H,17,18). The minimum Gasteiger partial charge on any atom is -0.478 e. The molecule has 1 aromatic rings. The zero-order valence-electron chi connectivity index (χ0n) is 11.1. The summed E-state index contributed by atoms with van der Waals surface area (Å²) in [6.07, 6.45) is 6.09. The maximum Gasteiger partial charge on any atom is 0.338 e. The molecular weight excluding hydrogens is 263 g/mol. The van der Waals surface area contributed by atoms with Gasteiger partial charge in [0.15, 0.2) is 0 Å². The fourth-order valence-corrected chi connectivity index (χ4v) is 3.82. The molecule has 0 amide bonds. The molecule has 19 heavy (non-hydrogen) atoms. The summed E-state index contributed by atoms with van der Waals surface area (Å²) in [4.78, 5) is 11.8. The third-order valence-corrected chi connectivity index (χ3v) is 5.17. The fraction of sp³-hybridized carbons (Fsp3) is 0.533. The largest absolute Gasteiger partial charge is 0.478 e. The van der Waals surface area contributed by atoms with Crippen molar-refractivity contribution in [1.82, 2.24) is 0 Å². The Morgan fingerprint density at radius 2 is 2.05 bits per heavy atom. The molecule has 1 saturated carbocycles. The topological polar surface area (TPSA) is 37.3 Å². The van der Waals surface area contributed by atoms with Gasteiger partial charge in [0.05, 0.1) is 5.56 Å². The minimum atomic E-state index is -1.20. The average molecular weight is 282 g/mol. The van der Waals surface area contributed by atoms with Gasteiger partial charge >= 0.3 is 5.97 Å². The number of benzene rings is 1. The lowest BCUT2D eigenvalue weighted by Crippen LogP contribution is -2.15. The first-order valence-corrected chi connectivity index (χ1v) is 7.67. The van der Waals surface area contributed by atoms with Crippen molar-refractivity contribution in [3.8, 4) is 0 Å². The van der Waals surface area contributed by atoms with E-state index in [2.05, 4.69) is 6.92 Å². The molecule has 1 N–H and O–H groups in total. The van der Waals surface area contributed by atoms with E-state index >= 15 is 0 Å². The van der Waals surface area contributed by atoms with Gasteiger partial charge in [-0.05, 0) is 49.8 Å². The number of carboxylic acids is 1. The Labute approximate surface area is 117 Å². The highest BCUT2D eigenvalue weighted by Crippen LogP contribution is 2.37. The first kappa shape index (κ1) is 14.4. The fourth-order valence-electron chi connectivity index (χ4n) is 2.59. The van der Waals surface area contributed by atoms with E-state index < -0.39 is 11.8 Å². The van der Waals surface area contributed by atoms with Crippen LogP contribution in [0.2, 0.25) is 0 Å². The Bertz CT molecular complexity index is 453. The second-order valence-corrected chi connectivity index (χ2v) is 6.49. The molecule has 1 aliphatic rings. The lowest BCUT2D eigenvalue weighted by atomic mass is 9.87. The molecule has 0 radical (unpaired) electrons. The van der Waals surface area contributed by atoms with Gasteiger partial charge in [0.2, 0.25) is 0 Å². The van der Waals surface area contributed by atoms with E-state index in [1.165, 1.54) is 44.2 Å². The highest BCUT2D eigenvalue weighted by Gasteiger charge is 2.21. The second-order valence-electron chi connectivity index (χ2n) is 5.12. The van der Waals surface area contributed by atoms with Crippen molar-refractivity contribution >= 4 is 17.7 Å². The number of aromatic carboxylic acids is 1. The summed E-state index contributed by atoms with van der Waals surface area (Å²) in [7, 11) is 0. The molecule has 1 fully saturated rings. The van der Waals surface area contributed by atoms with Crippen LogP contribution in [0.15, 0.2) is 23.1 Å². The van der Waals surface area contributed by atoms with Gasteiger partial charge in [-0.15, -0.1) is 11.8 Å². The molecule has 0 aromatic heterocycles. The maximum atomic E-state index is 13.3. The van der Waals surface area contributed by atoms with Crippen LogP contribution in [0.4, 0.5) is 4.39 Å². The van der Waals surface area contributed by atoms with Crippen LogP contribution in [0.1, 0.15) is 49.4 Å². The quantitative estimate of drug-likeness (QED) is 0.878. The normalized spacial score (nSPS) is 23.3. The number of hydrogen-bond donors (Lipinski definition) is 1. The zero-order valence-corrected chi connectivity index (χ0v) is 11.9. The average Bonchev–Trinajstić information content (AvgIpc) is 2.41. The van der Waals surface area contributed by atoms with Crippen molar-refractivity contribution < 1.29 is 14.3 Å². The summed E-state index contributed by atoms with van der Waals surface area (Å²) in [5.41, 5.74) is -0.229. The Balaban J connectivity index is 2.00. The van der Waals surface area contributed by atoms with E-state index in [4.69, 9.17) is 5.11 Å². The highest BCUT2D eigenvalue weighted by molar-refractivity contribution is 8.00. The maximum absolute atomic E-state index is 13.3. The summed E-state index contributed by atoms with van der Waals surface area (Å²) in [5, 5.41) is 9.45. The van der Waals surface area contributed by atoms with Crippen LogP contribution in [0.3, 0.4) is 0 Å². The van der Waals surface area contributed by atoms with Gasteiger partial charge in [0.25, 0.3) is 0 Å². The van der Waals surface area contributed by atoms with Crippen LogP contribution in [0.25, 0.3) is 0 Å². The van der Waals surface area contributed by atoms with Gasteiger partial charge in [-0.25, -0.2) is 9.18 Å². The molecule has 1 aromatic carbocycles. The van der Waals surface area contributed by atoms with Gasteiger partial charge in [0.1, 0.15) is 5.82 Å². The number of rotatable bonds is 4. The predicted octanol–water partition coefficient (Wildman–Crippen LogP) is 4.58. The Morgan fingerprint density at radius 3 is 2.63 bits per heavy atom. The van der Waals surface area contributed by atoms with Crippen molar-refractivity contribution in [2.45, 2.75) is 49.2 Å². The minimum absolute atomic E-state index is 0.229. The van der Waals surface area contributed by atoms with E-state index in [0.29, 0.717) is 5.25 Å². The number of carbonyl (C=O) groups is 1. The summed E-state index contributed by atoms with van der Waals surface area (Å²) in [6, 6.07) is 4.38. The predicted molar refractivity (Wildman–Crippen MR) is 75.3 cm³/mol. The molecule has 0 heterocycles. The number of hydrogen-bond acceptors (Lipinski definition) is 2. The van der Waals surface area contributed by atoms with Crippen LogP contribution in [0, 0.1) is 11.7 Å². The van der Waals surface area contributed by atoms with Gasteiger partial charge in [0, 0.05) is 10.1 Å². The van der Waals surface area contributed by atoms with E-state index in [9.17, 15) is 9.18 Å². The van der Waals surface area contributed by atoms with Crippen molar-refractivity contribution in [2.75, 3.05) is 0 Å². The molecule has 0 bridgehead atoms. The van der Waals surface area contributed by atoms with Crippen molar-refractivity contribution in [3.05, 3.63) is 29.6 Å². The van der Waals surface area contributed by atoms with Gasteiger partial charge < -0.3 is 5.11 Å². The first-order valence-electron chi connectivity index (χ1n) is 6.79. The Hall–Kier alpha value is -1.03. The molecule has 104 valence electrons. The molecule has 2 rings (SSSR count).